The van der Waals surface area contributed by atoms with Crippen LogP contribution in [0.15, 0.2) is 0 Å². The van der Waals surface area contributed by atoms with Gasteiger partial charge in [0.15, 0.2) is 9.84 Å². The van der Waals surface area contributed by atoms with Gasteiger partial charge in [0, 0.05) is 11.1 Å². The molecule has 0 saturated carbocycles. The van der Waals surface area contributed by atoms with E-state index in [0.717, 1.165) is 26.9 Å². The number of sulfone groups is 1. The van der Waals surface area contributed by atoms with Crippen molar-refractivity contribution in [2.45, 2.75) is 19.6 Å². The van der Waals surface area contributed by atoms with E-state index in [-0.39, 0.29) is 11.6 Å². The van der Waals surface area contributed by atoms with Crippen LogP contribution in [0.25, 0.3) is 10.2 Å². The molecule has 0 amide bonds. The Balaban J connectivity index is 2.64. The van der Waals surface area contributed by atoms with Gasteiger partial charge >= 0.3 is 0 Å². The predicted molar refractivity (Wildman–Crippen MR) is 69.8 cm³/mol. The van der Waals surface area contributed by atoms with E-state index in [4.69, 9.17) is 5.73 Å². The zero-order valence-electron chi connectivity index (χ0n) is 9.81. The van der Waals surface area contributed by atoms with Gasteiger partial charge < -0.3 is 5.73 Å². The number of hydrogen-bond donors (Lipinski definition) is 1. The topological polar surface area (TPSA) is 85.9 Å². The van der Waals surface area contributed by atoms with Gasteiger partial charge in [0.2, 0.25) is 0 Å². The molecule has 0 aliphatic rings. The molecular formula is C10H13N3O2S2. The molecule has 0 radical (unpaired) electrons. The van der Waals surface area contributed by atoms with Crippen LogP contribution in [0.5, 0.6) is 0 Å². The Morgan fingerprint density at radius 1 is 1.29 bits per heavy atom. The molecule has 2 rings (SSSR count). The van der Waals surface area contributed by atoms with Crippen LogP contribution in [-0.4, -0.2) is 24.6 Å². The van der Waals surface area contributed by atoms with Gasteiger partial charge in [0.25, 0.3) is 0 Å². The largest absolute Gasteiger partial charge is 0.383 e. The van der Waals surface area contributed by atoms with Crippen LogP contribution in [0.1, 0.15) is 16.3 Å². The third kappa shape index (κ3) is 2.39. The van der Waals surface area contributed by atoms with Crippen LogP contribution in [0.4, 0.5) is 5.82 Å². The highest BCUT2D eigenvalue weighted by Gasteiger charge is 2.14. The summed E-state index contributed by atoms with van der Waals surface area (Å²) >= 11 is 1.51. The molecule has 5 nitrogen and oxygen atoms in total. The number of hydrogen-bond acceptors (Lipinski definition) is 6. The summed E-state index contributed by atoms with van der Waals surface area (Å²) in [6.45, 7) is 3.95. The second kappa shape index (κ2) is 3.92. The van der Waals surface area contributed by atoms with E-state index in [1.54, 1.807) is 0 Å². The molecule has 0 aliphatic carbocycles. The number of nitrogens with two attached hydrogens (primary N) is 1. The van der Waals surface area contributed by atoms with E-state index in [0.29, 0.717) is 5.82 Å². The Labute approximate surface area is 104 Å². The lowest BCUT2D eigenvalue weighted by Gasteiger charge is -2.01. The van der Waals surface area contributed by atoms with E-state index in [1.165, 1.54) is 11.3 Å². The third-order valence-electron chi connectivity index (χ3n) is 2.49. The summed E-state index contributed by atoms with van der Waals surface area (Å²) in [6.07, 6.45) is 1.15. The van der Waals surface area contributed by atoms with E-state index in [1.807, 2.05) is 13.8 Å². The van der Waals surface area contributed by atoms with Gasteiger partial charge in [-0.15, -0.1) is 11.3 Å². The smallest absolute Gasteiger partial charge is 0.154 e. The number of nitrogens with zero attached hydrogens (tertiary/aromatic N) is 2. The summed E-state index contributed by atoms with van der Waals surface area (Å²) in [5, 5.41) is 0.838. The van der Waals surface area contributed by atoms with Gasteiger partial charge in [0.05, 0.1) is 5.39 Å². The van der Waals surface area contributed by atoms with Crippen LogP contribution in [0.3, 0.4) is 0 Å². The van der Waals surface area contributed by atoms with Crippen molar-refractivity contribution in [2.24, 2.45) is 0 Å². The van der Waals surface area contributed by atoms with Crippen molar-refractivity contribution in [3.05, 3.63) is 16.3 Å². The molecule has 0 unspecified atom stereocenters. The SMILES string of the molecule is Cc1sc2nc(CS(C)(=O)=O)nc(N)c2c1C. The highest BCUT2D eigenvalue weighted by atomic mass is 32.2. The van der Waals surface area contributed by atoms with Crippen LogP contribution in [0.2, 0.25) is 0 Å². The van der Waals surface area contributed by atoms with Crippen LogP contribution in [-0.2, 0) is 15.6 Å². The van der Waals surface area contributed by atoms with E-state index in [2.05, 4.69) is 9.97 Å². The van der Waals surface area contributed by atoms with Crippen molar-refractivity contribution in [3.63, 3.8) is 0 Å². The van der Waals surface area contributed by atoms with Crippen molar-refractivity contribution in [1.29, 1.82) is 0 Å². The summed E-state index contributed by atoms with van der Waals surface area (Å²) < 4.78 is 22.4. The molecule has 0 atom stereocenters. The molecule has 0 spiro atoms. The Hall–Kier alpha value is -1.21. The number of aryl methyl sites for hydroxylation is 2. The fourth-order valence-corrected chi connectivity index (χ4v) is 3.28. The summed E-state index contributed by atoms with van der Waals surface area (Å²) in [7, 11) is -3.14. The van der Waals surface area contributed by atoms with E-state index >= 15 is 0 Å². The third-order valence-corrected chi connectivity index (χ3v) is 4.38. The molecule has 0 aromatic carbocycles. The molecule has 92 valence electrons. The Morgan fingerprint density at radius 2 is 1.94 bits per heavy atom. The molecule has 0 saturated heterocycles. The van der Waals surface area contributed by atoms with Crippen LogP contribution >= 0.6 is 11.3 Å². The van der Waals surface area contributed by atoms with Gasteiger partial charge in [-0.1, -0.05) is 0 Å². The number of aromatic nitrogens is 2. The van der Waals surface area contributed by atoms with Crippen LogP contribution < -0.4 is 5.73 Å². The average molecular weight is 271 g/mol. The lowest BCUT2D eigenvalue weighted by molar-refractivity contribution is 0.600. The van der Waals surface area contributed by atoms with Crippen molar-refractivity contribution < 1.29 is 8.42 Å². The maximum absolute atomic E-state index is 11.2. The Bertz CT molecular complexity index is 689. The summed E-state index contributed by atoms with van der Waals surface area (Å²) in [5.41, 5.74) is 6.91. The Morgan fingerprint density at radius 3 is 2.53 bits per heavy atom. The molecule has 17 heavy (non-hydrogen) atoms. The van der Waals surface area contributed by atoms with E-state index < -0.39 is 9.84 Å². The first-order valence-corrected chi connectivity index (χ1v) is 7.85. The zero-order valence-corrected chi connectivity index (χ0v) is 11.4. The van der Waals surface area contributed by atoms with Gasteiger partial charge in [-0.25, -0.2) is 18.4 Å². The number of nitrogen functional groups attached to an aromatic ring is 1. The number of anilines is 1. The average Bonchev–Trinajstić information content (AvgIpc) is 2.39. The molecule has 0 fully saturated rings. The van der Waals surface area contributed by atoms with Crippen molar-refractivity contribution in [3.8, 4) is 0 Å². The lowest BCUT2D eigenvalue weighted by atomic mass is 10.2. The minimum atomic E-state index is -3.14. The predicted octanol–water partition coefficient (Wildman–Crippen LogP) is 1.43. The zero-order chi connectivity index (χ0) is 12.8. The summed E-state index contributed by atoms with van der Waals surface area (Å²) in [5.74, 6) is 0.442. The first kappa shape index (κ1) is 12.3. The lowest BCUT2D eigenvalue weighted by Crippen LogP contribution is -2.07. The minimum absolute atomic E-state index is 0.177. The molecule has 2 aromatic heterocycles. The monoisotopic (exact) mass is 271 g/mol. The second-order valence-corrected chi connectivity index (χ2v) is 7.40. The van der Waals surface area contributed by atoms with Gasteiger partial charge in [-0.05, 0) is 19.4 Å². The maximum Gasteiger partial charge on any atom is 0.154 e. The van der Waals surface area contributed by atoms with Crippen molar-refractivity contribution in [2.75, 3.05) is 12.0 Å². The molecule has 2 aromatic rings. The number of thiophene rings is 1. The van der Waals surface area contributed by atoms with E-state index in [9.17, 15) is 8.42 Å². The number of rotatable bonds is 2. The fourth-order valence-electron chi connectivity index (χ4n) is 1.63. The fraction of sp³-hybridized carbons (Fsp3) is 0.400. The van der Waals surface area contributed by atoms with Crippen molar-refractivity contribution >= 4 is 37.2 Å². The normalized spacial score (nSPS) is 12.2. The van der Waals surface area contributed by atoms with Gasteiger partial charge in [-0.2, -0.15) is 0 Å². The molecule has 2 N–H and O–H groups in total. The minimum Gasteiger partial charge on any atom is -0.383 e. The first-order valence-electron chi connectivity index (χ1n) is 4.98. The van der Waals surface area contributed by atoms with Crippen LogP contribution in [0, 0.1) is 13.8 Å². The standard InChI is InChI=1S/C10H13N3O2S2/c1-5-6(2)16-10-8(5)9(11)12-7(13-10)4-17(3,14)15/h4H2,1-3H3,(H2,11,12,13). The summed E-state index contributed by atoms with van der Waals surface area (Å²) in [4.78, 5) is 10.2. The first-order chi connectivity index (χ1) is 7.78. The maximum atomic E-state index is 11.2. The Kier molecular flexibility index (Phi) is 2.82. The summed E-state index contributed by atoms with van der Waals surface area (Å²) in [6, 6.07) is 0. The molecular weight excluding hydrogens is 258 g/mol. The molecule has 0 bridgehead atoms. The van der Waals surface area contributed by atoms with Gasteiger partial charge in [0.1, 0.15) is 22.2 Å². The molecule has 2 heterocycles. The number of fused-ring (bicyclic) bond motifs is 1. The molecule has 0 aliphatic heterocycles. The van der Waals surface area contributed by atoms with Crippen molar-refractivity contribution in [1.82, 2.24) is 9.97 Å². The highest BCUT2D eigenvalue weighted by Crippen LogP contribution is 2.31. The quantitative estimate of drug-likeness (QED) is 0.893. The van der Waals surface area contributed by atoms with Gasteiger partial charge in [-0.3, -0.25) is 0 Å². The molecule has 7 heteroatoms. The second-order valence-electron chi connectivity index (χ2n) is 4.06. The highest BCUT2D eigenvalue weighted by molar-refractivity contribution is 7.89.